The molecule has 3 rings (SSSR count). The van der Waals surface area contributed by atoms with Crippen LogP contribution in [-0.2, 0) is 11.2 Å². The topological polar surface area (TPSA) is 38.1 Å². The van der Waals surface area contributed by atoms with Crippen molar-refractivity contribution in [3.8, 4) is 0 Å². The van der Waals surface area contributed by atoms with Crippen molar-refractivity contribution in [2.24, 2.45) is 0 Å². The highest BCUT2D eigenvalue weighted by Crippen LogP contribution is 2.22. The molecule has 1 aliphatic rings. The molecule has 3 heterocycles. The van der Waals surface area contributed by atoms with Crippen molar-refractivity contribution >= 4 is 17.2 Å². The molecule has 1 aliphatic heterocycles. The fourth-order valence-electron chi connectivity index (χ4n) is 2.60. The molecule has 2 aromatic heterocycles. The van der Waals surface area contributed by atoms with Crippen LogP contribution in [0.4, 0.5) is 0 Å². The molecule has 0 aliphatic carbocycles. The predicted molar refractivity (Wildman–Crippen MR) is 75.1 cm³/mol. The molecule has 0 bridgehead atoms. The number of carbonyl (C=O) groups is 1. The van der Waals surface area contributed by atoms with E-state index in [4.69, 9.17) is 0 Å². The molecule has 0 spiro atoms. The van der Waals surface area contributed by atoms with Crippen LogP contribution in [0.2, 0.25) is 0 Å². The highest BCUT2D eigenvalue weighted by molar-refractivity contribution is 7.07. The van der Waals surface area contributed by atoms with E-state index >= 15 is 0 Å². The molecule has 19 heavy (non-hydrogen) atoms. The van der Waals surface area contributed by atoms with E-state index in [0.29, 0.717) is 12.5 Å². The van der Waals surface area contributed by atoms with Crippen LogP contribution in [0.5, 0.6) is 0 Å². The summed E-state index contributed by atoms with van der Waals surface area (Å²) in [6.45, 7) is 1.71. The third-order valence-corrected chi connectivity index (χ3v) is 4.32. The van der Waals surface area contributed by atoms with Crippen LogP contribution in [-0.4, -0.2) is 33.4 Å². The zero-order valence-corrected chi connectivity index (χ0v) is 11.6. The van der Waals surface area contributed by atoms with Gasteiger partial charge in [-0.2, -0.15) is 0 Å². The first-order valence-electron chi connectivity index (χ1n) is 6.60. The zero-order valence-electron chi connectivity index (χ0n) is 10.7. The van der Waals surface area contributed by atoms with Crippen LogP contribution in [0.1, 0.15) is 24.6 Å². The van der Waals surface area contributed by atoms with Gasteiger partial charge in [0, 0.05) is 36.9 Å². The Hall–Kier alpha value is -1.62. The fourth-order valence-corrected chi connectivity index (χ4v) is 3.15. The van der Waals surface area contributed by atoms with Crippen molar-refractivity contribution in [2.45, 2.75) is 25.3 Å². The third-order valence-electron chi connectivity index (χ3n) is 3.68. The van der Waals surface area contributed by atoms with Crippen LogP contribution >= 0.6 is 11.3 Å². The standard InChI is InChI=1S/C14H17N3OS/c18-14(9-12-10-19-11-15-12)17-7-3-13(4-8-17)16-5-1-2-6-16/h1-2,5-6,10-11,13H,3-4,7-9H2. The van der Waals surface area contributed by atoms with Crippen LogP contribution < -0.4 is 0 Å². The van der Waals surface area contributed by atoms with Gasteiger partial charge in [0.1, 0.15) is 0 Å². The van der Waals surface area contributed by atoms with Gasteiger partial charge in [0.25, 0.3) is 0 Å². The largest absolute Gasteiger partial charge is 0.351 e. The summed E-state index contributed by atoms with van der Waals surface area (Å²) in [7, 11) is 0. The van der Waals surface area contributed by atoms with Crippen molar-refractivity contribution in [3.05, 3.63) is 41.1 Å². The molecule has 0 N–H and O–H groups in total. The first-order chi connectivity index (χ1) is 9.33. The summed E-state index contributed by atoms with van der Waals surface area (Å²) in [4.78, 5) is 18.3. The number of rotatable bonds is 3. The van der Waals surface area contributed by atoms with Gasteiger partial charge in [-0.05, 0) is 25.0 Å². The van der Waals surface area contributed by atoms with Gasteiger partial charge < -0.3 is 9.47 Å². The maximum Gasteiger partial charge on any atom is 0.228 e. The van der Waals surface area contributed by atoms with E-state index in [1.165, 1.54) is 0 Å². The maximum absolute atomic E-state index is 12.1. The molecular weight excluding hydrogens is 258 g/mol. The summed E-state index contributed by atoms with van der Waals surface area (Å²) in [6, 6.07) is 4.65. The second-order valence-corrected chi connectivity index (χ2v) is 5.62. The Labute approximate surface area is 116 Å². The van der Waals surface area contributed by atoms with Gasteiger partial charge in [-0.1, -0.05) is 0 Å². The molecule has 100 valence electrons. The number of hydrogen-bond donors (Lipinski definition) is 0. The second kappa shape index (κ2) is 5.57. The molecule has 2 aromatic rings. The van der Waals surface area contributed by atoms with Gasteiger partial charge in [0.2, 0.25) is 5.91 Å². The molecule has 0 aromatic carbocycles. The van der Waals surface area contributed by atoms with Crippen molar-refractivity contribution in [1.82, 2.24) is 14.5 Å². The number of nitrogens with zero attached hydrogens (tertiary/aromatic N) is 3. The molecule has 1 saturated heterocycles. The van der Waals surface area contributed by atoms with Gasteiger partial charge in [0.05, 0.1) is 17.6 Å². The van der Waals surface area contributed by atoms with Gasteiger partial charge in [-0.3, -0.25) is 4.79 Å². The lowest BCUT2D eigenvalue weighted by Crippen LogP contribution is -2.39. The van der Waals surface area contributed by atoms with Gasteiger partial charge in [-0.15, -0.1) is 11.3 Å². The normalized spacial score (nSPS) is 16.7. The summed E-state index contributed by atoms with van der Waals surface area (Å²) in [5.74, 6) is 0.205. The second-order valence-electron chi connectivity index (χ2n) is 4.90. The van der Waals surface area contributed by atoms with Crippen LogP contribution in [0.3, 0.4) is 0 Å². The average molecular weight is 275 g/mol. The molecule has 0 unspecified atom stereocenters. The van der Waals surface area contributed by atoms with Gasteiger partial charge >= 0.3 is 0 Å². The predicted octanol–water partition coefficient (Wildman–Crippen LogP) is 2.35. The summed E-state index contributed by atoms with van der Waals surface area (Å²) in [5, 5.41) is 1.95. The lowest BCUT2D eigenvalue weighted by atomic mass is 10.0. The lowest BCUT2D eigenvalue weighted by molar-refractivity contribution is -0.131. The molecule has 1 fully saturated rings. The average Bonchev–Trinajstić information content (AvgIpc) is 3.12. The summed E-state index contributed by atoms with van der Waals surface area (Å²) in [6.07, 6.45) is 6.74. The van der Waals surface area contributed by atoms with E-state index in [0.717, 1.165) is 31.6 Å². The van der Waals surface area contributed by atoms with Crippen molar-refractivity contribution in [2.75, 3.05) is 13.1 Å². The first-order valence-corrected chi connectivity index (χ1v) is 7.54. The smallest absolute Gasteiger partial charge is 0.228 e. The first kappa shape index (κ1) is 12.4. The molecule has 0 saturated carbocycles. The summed E-state index contributed by atoms with van der Waals surface area (Å²) in [5.41, 5.74) is 2.67. The van der Waals surface area contributed by atoms with E-state index in [9.17, 15) is 4.79 Å². The molecule has 5 heteroatoms. The number of piperidine rings is 1. The summed E-state index contributed by atoms with van der Waals surface area (Å²) < 4.78 is 2.25. The number of likely N-dealkylation sites (tertiary alicyclic amines) is 1. The minimum absolute atomic E-state index is 0.205. The van der Waals surface area contributed by atoms with Crippen molar-refractivity contribution < 1.29 is 4.79 Å². The van der Waals surface area contributed by atoms with Crippen molar-refractivity contribution in [3.63, 3.8) is 0 Å². The van der Waals surface area contributed by atoms with Crippen LogP contribution in [0.15, 0.2) is 35.4 Å². The molecule has 0 radical (unpaired) electrons. The Kier molecular flexibility index (Phi) is 3.64. The maximum atomic E-state index is 12.1. The van der Waals surface area contributed by atoms with E-state index in [2.05, 4.69) is 34.1 Å². The Morgan fingerprint density at radius 1 is 1.32 bits per heavy atom. The number of amides is 1. The monoisotopic (exact) mass is 275 g/mol. The van der Waals surface area contributed by atoms with E-state index in [-0.39, 0.29) is 5.91 Å². The Balaban J connectivity index is 1.54. The fraction of sp³-hybridized carbons (Fsp3) is 0.429. The Bertz CT molecular complexity index is 513. The number of thiazole rings is 1. The number of hydrogen-bond acceptors (Lipinski definition) is 3. The molecular formula is C14H17N3OS. The quantitative estimate of drug-likeness (QED) is 0.862. The molecule has 1 amide bonds. The SMILES string of the molecule is O=C(Cc1cscn1)N1CCC(n2cccc2)CC1. The molecule has 0 atom stereocenters. The van der Waals surface area contributed by atoms with Gasteiger partial charge in [0.15, 0.2) is 0 Å². The number of carbonyl (C=O) groups excluding carboxylic acids is 1. The highest BCUT2D eigenvalue weighted by Gasteiger charge is 2.23. The minimum Gasteiger partial charge on any atom is -0.351 e. The lowest BCUT2D eigenvalue weighted by Gasteiger charge is -2.32. The van der Waals surface area contributed by atoms with E-state index in [1.54, 1.807) is 16.8 Å². The van der Waals surface area contributed by atoms with E-state index in [1.807, 2.05) is 10.3 Å². The Morgan fingerprint density at radius 3 is 2.68 bits per heavy atom. The third kappa shape index (κ3) is 2.87. The van der Waals surface area contributed by atoms with Crippen molar-refractivity contribution in [1.29, 1.82) is 0 Å². The van der Waals surface area contributed by atoms with Gasteiger partial charge in [-0.25, -0.2) is 4.98 Å². The van der Waals surface area contributed by atoms with E-state index < -0.39 is 0 Å². The molecule has 4 nitrogen and oxygen atoms in total. The summed E-state index contributed by atoms with van der Waals surface area (Å²) >= 11 is 1.54. The van der Waals surface area contributed by atoms with Crippen LogP contribution in [0.25, 0.3) is 0 Å². The highest BCUT2D eigenvalue weighted by atomic mass is 32.1. The number of aromatic nitrogens is 2. The zero-order chi connectivity index (χ0) is 13.1. The Morgan fingerprint density at radius 2 is 2.05 bits per heavy atom. The minimum atomic E-state index is 0.205. The van der Waals surface area contributed by atoms with Crippen LogP contribution in [0, 0.1) is 0 Å².